The fourth-order valence-electron chi connectivity index (χ4n) is 1.63. The average Bonchev–Trinajstić information content (AvgIpc) is 2.79. The molecule has 1 N–H and O–H groups in total. The maximum absolute atomic E-state index is 4.09. The van der Waals surface area contributed by atoms with Gasteiger partial charge < -0.3 is 5.32 Å². The molecule has 0 aliphatic carbocycles. The molecule has 84 valence electrons. The summed E-state index contributed by atoms with van der Waals surface area (Å²) in [4.78, 5) is 5.38. The SMILES string of the molecule is Cc1cccc(CNC(C)c2cncs2)c1. The second kappa shape index (κ2) is 5.23. The first kappa shape index (κ1) is 11.3. The number of benzene rings is 1. The van der Waals surface area contributed by atoms with Crippen LogP contribution in [0.4, 0.5) is 0 Å². The van der Waals surface area contributed by atoms with Gasteiger partial charge in [-0.1, -0.05) is 29.8 Å². The fourth-order valence-corrected chi connectivity index (χ4v) is 2.29. The van der Waals surface area contributed by atoms with Crippen molar-refractivity contribution < 1.29 is 0 Å². The van der Waals surface area contributed by atoms with Crippen molar-refractivity contribution in [2.45, 2.75) is 26.4 Å². The standard InChI is InChI=1S/C13H16N2S/c1-10-4-3-5-12(6-10)7-15-11(2)13-8-14-9-16-13/h3-6,8-9,11,15H,7H2,1-2H3. The minimum atomic E-state index is 0.369. The van der Waals surface area contributed by atoms with Crippen LogP contribution in [-0.4, -0.2) is 4.98 Å². The summed E-state index contributed by atoms with van der Waals surface area (Å²) in [7, 11) is 0. The number of hydrogen-bond donors (Lipinski definition) is 1. The molecule has 2 aromatic rings. The zero-order valence-electron chi connectivity index (χ0n) is 9.60. The van der Waals surface area contributed by atoms with Crippen LogP contribution >= 0.6 is 11.3 Å². The number of nitrogens with one attached hydrogen (secondary N) is 1. The molecular weight excluding hydrogens is 216 g/mol. The van der Waals surface area contributed by atoms with E-state index in [-0.39, 0.29) is 0 Å². The van der Waals surface area contributed by atoms with Gasteiger partial charge in [0, 0.05) is 23.7 Å². The summed E-state index contributed by atoms with van der Waals surface area (Å²) in [6.07, 6.45) is 1.93. The summed E-state index contributed by atoms with van der Waals surface area (Å²) in [6, 6.07) is 8.96. The van der Waals surface area contributed by atoms with Crippen molar-refractivity contribution >= 4 is 11.3 Å². The van der Waals surface area contributed by atoms with Crippen LogP contribution in [0.1, 0.15) is 29.0 Å². The van der Waals surface area contributed by atoms with Crippen molar-refractivity contribution in [2.24, 2.45) is 0 Å². The van der Waals surface area contributed by atoms with Gasteiger partial charge in [-0.25, -0.2) is 0 Å². The van der Waals surface area contributed by atoms with E-state index >= 15 is 0 Å². The molecule has 2 rings (SSSR count). The quantitative estimate of drug-likeness (QED) is 0.875. The molecule has 16 heavy (non-hydrogen) atoms. The molecule has 0 aliphatic heterocycles. The van der Waals surface area contributed by atoms with Crippen LogP contribution in [0.25, 0.3) is 0 Å². The molecule has 0 spiro atoms. The van der Waals surface area contributed by atoms with Gasteiger partial charge in [-0.2, -0.15) is 0 Å². The molecule has 3 heteroatoms. The highest BCUT2D eigenvalue weighted by molar-refractivity contribution is 7.09. The summed E-state index contributed by atoms with van der Waals surface area (Å²) in [6.45, 7) is 5.19. The number of thiazole rings is 1. The van der Waals surface area contributed by atoms with Gasteiger partial charge in [0.05, 0.1) is 5.51 Å². The van der Waals surface area contributed by atoms with E-state index in [2.05, 4.69) is 48.4 Å². The predicted octanol–water partition coefficient (Wildman–Crippen LogP) is 3.30. The third-order valence-electron chi connectivity index (χ3n) is 2.57. The van der Waals surface area contributed by atoms with Crippen LogP contribution in [0.3, 0.4) is 0 Å². The normalized spacial score (nSPS) is 12.6. The zero-order valence-corrected chi connectivity index (χ0v) is 10.4. The van der Waals surface area contributed by atoms with E-state index in [1.165, 1.54) is 16.0 Å². The van der Waals surface area contributed by atoms with Crippen LogP contribution in [0.15, 0.2) is 36.0 Å². The lowest BCUT2D eigenvalue weighted by Gasteiger charge is -2.11. The van der Waals surface area contributed by atoms with Crippen LogP contribution in [0.5, 0.6) is 0 Å². The Hall–Kier alpha value is -1.19. The Labute approximate surface area is 100 Å². The van der Waals surface area contributed by atoms with Gasteiger partial charge in [0.15, 0.2) is 0 Å². The van der Waals surface area contributed by atoms with E-state index in [1.807, 2.05) is 11.7 Å². The van der Waals surface area contributed by atoms with E-state index in [4.69, 9.17) is 0 Å². The van der Waals surface area contributed by atoms with Crippen molar-refractivity contribution in [2.75, 3.05) is 0 Å². The molecule has 1 aromatic carbocycles. The van der Waals surface area contributed by atoms with Crippen molar-refractivity contribution in [3.05, 3.63) is 52.0 Å². The summed E-state index contributed by atoms with van der Waals surface area (Å²) in [5, 5.41) is 3.50. The lowest BCUT2D eigenvalue weighted by molar-refractivity contribution is 0.582. The number of nitrogens with zero attached hydrogens (tertiary/aromatic N) is 1. The average molecular weight is 232 g/mol. The molecule has 1 aromatic heterocycles. The molecule has 0 saturated heterocycles. The summed E-state index contributed by atoms with van der Waals surface area (Å²) >= 11 is 1.70. The maximum Gasteiger partial charge on any atom is 0.0794 e. The smallest absolute Gasteiger partial charge is 0.0794 e. The number of aromatic nitrogens is 1. The predicted molar refractivity (Wildman–Crippen MR) is 68.5 cm³/mol. The summed E-state index contributed by atoms with van der Waals surface area (Å²) < 4.78 is 0. The molecule has 0 bridgehead atoms. The second-order valence-corrected chi connectivity index (χ2v) is 4.91. The van der Waals surface area contributed by atoms with Gasteiger partial charge in [0.25, 0.3) is 0 Å². The third kappa shape index (κ3) is 2.90. The van der Waals surface area contributed by atoms with E-state index in [0.717, 1.165) is 6.54 Å². The zero-order chi connectivity index (χ0) is 11.4. The number of hydrogen-bond acceptors (Lipinski definition) is 3. The first-order valence-corrected chi connectivity index (χ1v) is 6.31. The molecule has 0 aliphatic rings. The summed E-state index contributed by atoms with van der Waals surface area (Å²) in [5.74, 6) is 0. The lowest BCUT2D eigenvalue weighted by atomic mass is 10.1. The van der Waals surface area contributed by atoms with Crippen molar-refractivity contribution in [3.63, 3.8) is 0 Å². The molecule has 1 heterocycles. The van der Waals surface area contributed by atoms with Crippen LogP contribution in [0, 0.1) is 6.92 Å². The van der Waals surface area contributed by atoms with E-state index < -0.39 is 0 Å². The van der Waals surface area contributed by atoms with E-state index in [1.54, 1.807) is 11.3 Å². The molecule has 2 nitrogen and oxygen atoms in total. The Balaban J connectivity index is 1.92. The Morgan fingerprint density at radius 2 is 2.31 bits per heavy atom. The van der Waals surface area contributed by atoms with Gasteiger partial charge in [0.1, 0.15) is 0 Å². The minimum Gasteiger partial charge on any atom is -0.305 e. The first-order valence-electron chi connectivity index (χ1n) is 5.43. The molecule has 1 unspecified atom stereocenters. The van der Waals surface area contributed by atoms with Gasteiger partial charge in [-0.15, -0.1) is 11.3 Å². The maximum atomic E-state index is 4.09. The van der Waals surface area contributed by atoms with Gasteiger partial charge in [0.2, 0.25) is 0 Å². The van der Waals surface area contributed by atoms with E-state index in [0.29, 0.717) is 6.04 Å². The number of rotatable bonds is 4. The monoisotopic (exact) mass is 232 g/mol. The first-order chi connectivity index (χ1) is 7.75. The Kier molecular flexibility index (Phi) is 3.70. The van der Waals surface area contributed by atoms with Crippen LogP contribution in [-0.2, 0) is 6.54 Å². The highest BCUT2D eigenvalue weighted by atomic mass is 32.1. The summed E-state index contributed by atoms with van der Waals surface area (Å²) in [5.41, 5.74) is 4.52. The van der Waals surface area contributed by atoms with Crippen molar-refractivity contribution in [1.29, 1.82) is 0 Å². The van der Waals surface area contributed by atoms with Gasteiger partial charge in [-0.05, 0) is 19.4 Å². The van der Waals surface area contributed by atoms with Crippen LogP contribution < -0.4 is 5.32 Å². The highest BCUT2D eigenvalue weighted by Crippen LogP contribution is 2.16. The highest BCUT2D eigenvalue weighted by Gasteiger charge is 2.05. The fraction of sp³-hybridized carbons (Fsp3) is 0.308. The van der Waals surface area contributed by atoms with Gasteiger partial charge >= 0.3 is 0 Å². The Bertz CT molecular complexity index is 437. The molecule has 0 radical (unpaired) electrons. The van der Waals surface area contributed by atoms with Crippen molar-refractivity contribution in [3.8, 4) is 0 Å². The lowest BCUT2D eigenvalue weighted by Crippen LogP contribution is -2.17. The second-order valence-electron chi connectivity index (χ2n) is 4.00. The third-order valence-corrected chi connectivity index (χ3v) is 3.53. The Morgan fingerprint density at radius 3 is 3.00 bits per heavy atom. The molecule has 0 amide bonds. The largest absolute Gasteiger partial charge is 0.305 e. The van der Waals surface area contributed by atoms with Gasteiger partial charge in [-0.3, -0.25) is 4.98 Å². The Morgan fingerprint density at radius 1 is 1.44 bits per heavy atom. The van der Waals surface area contributed by atoms with E-state index in [9.17, 15) is 0 Å². The molecule has 0 saturated carbocycles. The molecule has 1 atom stereocenters. The van der Waals surface area contributed by atoms with Crippen molar-refractivity contribution in [1.82, 2.24) is 10.3 Å². The number of aryl methyl sites for hydroxylation is 1. The minimum absolute atomic E-state index is 0.369. The van der Waals surface area contributed by atoms with Crippen LogP contribution in [0.2, 0.25) is 0 Å². The molecule has 0 fully saturated rings. The topological polar surface area (TPSA) is 24.9 Å². The molecular formula is C13H16N2S.